The molecule has 106 valence electrons. The highest BCUT2D eigenvalue weighted by atomic mass is 35.5. The van der Waals surface area contributed by atoms with Crippen molar-refractivity contribution < 1.29 is 4.21 Å². The number of aromatic nitrogens is 2. The molecule has 0 spiro atoms. The van der Waals surface area contributed by atoms with Gasteiger partial charge in [0.05, 0.1) is 16.5 Å². The van der Waals surface area contributed by atoms with Crippen LogP contribution in [0.4, 0.5) is 0 Å². The first kappa shape index (κ1) is 15.0. The highest BCUT2D eigenvalue weighted by molar-refractivity contribution is 7.84. The van der Waals surface area contributed by atoms with Crippen molar-refractivity contribution in [2.75, 3.05) is 6.26 Å². The second kappa shape index (κ2) is 5.94. The maximum absolute atomic E-state index is 11.6. The Morgan fingerprint density at radius 1 is 1.50 bits per heavy atom. The zero-order valence-electron chi connectivity index (χ0n) is 11.6. The number of rotatable bonds is 4. The van der Waals surface area contributed by atoms with Gasteiger partial charge in [-0.1, -0.05) is 6.07 Å². The van der Waals surface area contributed by atoms with E-state index in [9.17, 15) is 4.21 Å². The van der Waals surface area contributed by atoms with Gasteiger partial charge in [-0.05, 0) is 26.0 Å². The molecule has 0 radical (unpaired) electrons. The molecule has 0 N–H and O–H groups in total. The molecule has 0 saturated heterocycles. The first-order valence-corrected chi connectivity index (χ1v) is 8.37. The van der Waals surface area contributed by atoms with E-state index in [2.05, 4.69) is 11.1 Å². The number of nitrogens with zero attached hydrogens (tertiary/aromatic N) is 3. The first-order valence-electron chi connectivity index (χ1n) is 6.31. The molecule has 0 aliphatic carbocycles. The fourth-order valence-corrected chi connectivity index (χ4v) is 2.64. The summed E-state index contributed by atoms with van der Waals surface area (Å²) in [6.07, 6.45) is 1.69. The summed E-state index contributed by atoms with van der Waals surface area (Å²) in [5.41, 5.74) is 2.06. The van der Waals surface area contributed by atoms with Gasteiger partial charge in [-0.2, -0.15) is 5.26 Å². The molecule has 0 saturated carbocycles. The molecular formula is C14H16ClN3OS. The maximum atomic E-state index is 11.6. The third kappa shape index (κ3) is 2.72. The monoisotopic (exact) mass is 309 g/mol. The third-order valence-electron chi connectivity index (χ3n) is 3.29. The molecule has 2 rings (SSSR count). The number of fused-ring (bicyclic) bond motifs is 1. The Hall–Kier alpha value is -1.38. The number of nitriles is 1. The molecule has 1 heterocycles. The van der Waals surface area contributed by atoms with Crippen molar-refractivity contribution in [2.45, 2.75) is 31.0 Å². The molecule has 2 aromatic rings. The first-order chi connectivity index (χ1) is 9.45. The summed E-state index contributed by atoms with van der Waals surface area (Å²) in [5.74, 6) is 0.710. The zero-order chi connectivity index (χ0) is 14.9. The van der Waals surface area contributed by atoms with E-state index in [0.29, 0.717) is 23.4 Å². The summed E-state index contributed by atoms with van der Waals surface area (Å²) in [6, 6.07) is 7.63. The summed E-state index contributed by atoms with van der Waals surface area (Å²) >= 11 is 6.20. The van der Waals surface area contributed by atoms with Crippen LogP contribution in [0.5, 0.6) is 0 Å². The smallest absolute Gasteiger partial charge is 0.127 e. The van der Waals surface area contributed by atoms with Gasteiger partial charge in [0.15, 0.2) is 0 Å². The topological polar surface area (TPSA) is 58.7 Å². The van der Waals surface area contributed by atoms with Gasteiger partial charge < -0.3 is 4.57 Å². The Labute approximate surface area is 125 Å². The van der Waals surface area contributed by atoms with Crippen LogP contribution >= 0.6 is 11.6 Å². The second-order valence-electron chi connectivity index (χ2n) is 4.79. The number of benzene rings is 1. The SMILES string of the molecule is CC(Cl)c1nc2c(C#N)cccc2n1CC(C)S(C)=O. The van der Waals surface area contributed by atoms with Gasteiger partial charge in [0.1, 0.15) is 17.4 Å². The average molecular weight is 310 g/mol. The number of halogens is 1. The predicted molar refractivity (Wildman–Crippen MR) is 82.2 cm³/mol. The van der Waals surface area contributed by atoms with Crippen LogP contribution in [-0.2, 0) is 17.3 Å². The molecule has 0 bridgehead atoms. The number of alkyl halides is 1. The number of hydrogen-bond acceptors (Lipinski definition) is 3. The van der Waals surface area contributed by atoms with Crippen LogP contribution in [0.25, 0.3) is 11.0 Å². The summed E-state index contributed by atoms with van der Waals surface area (Å²) < 4.78 is 13.6. The van der Waals surface area contributed by atoms with Crippen molar-refractivity contribution in [1.82, 2.24) is 9.55 Å². The molecule has 20 heavy (non-hydrogen) atoms. The zero-order valence-corrected chi connectivity index (χ0v) is 13.2. The van der Waals surface area contributed by atoms with Gasteiger partial charge in [0, 0.05) is 28.9 Å². The van der Waals surface area contributed by atoms with Crippen LogP contribution in [0.1, 0.15) is 30.6 Å². The Kier molecular flexibility index (Phi) is 4.46. The minimum Gasteiger partial charge on any atom is -0.325 e. The van der Waals surface area contributed by atoms with Crippen molar-refractivity contribution in [3.05, 3.63) is 29.6 Å². The fourth-order valence-electron chi connectivity index (χ4n) is 2.11. The van der Waals surface area contributed by atoms with E-state index < -0.39 is 10.8 Å². The third-order valence-corrected chi connectivity index (χ3v) is 4.77. The van der Waals surface area contributed by atoms with E-state index in [1.54, 1.807) is 12.3 Å². The van der Waals surface area contributed by atoms with Gasteiger partial charge in [-0.25, -0.2) is 4.98 Å². The van der Waals surface area contributed by atoms with Crippen LogP contribution in [-0.4, -0.2) is 25.3 Å². The average Bonchev–Trinajstić information content (AvgIpc) is 2.77. The molecule has 4 nitrogen and oxygen atoms in total. The largest absolute Gasteiger partial charge is 0.325 e. The molecule has 3 atom stereocenters. The Bertz CT molecular complexity index is 702. The number of imidazole rings is 1. The molecule has 0 aliphatic heterocycles. The standard InChI is InChI=1S/C14H16ClN3OS/c1-9(20(3)19)8-18-12-6-4-5-11(7-16)13(12)17-14(18)10(2)15/h4-6,9-10H,8H2,1-3H3. The van der Waals surface area contributed by atoms with Crippen molar-refractivity contribution in [3.63, 3.8) is 0 Å². The summed E-state index contributed by atoms with van der Waals surface area (Å²) in [6.45, 7) is 4.35. The lowest BCUT2D eigenvalue weighted by Gasteiger charge is -2.14. The number of hydrogen-bond donors (Lipinski definition) is 0. The summed E-state index contributed by atoms with van der Waals surface area (Å²) in [4.78, 5) is 4.50. The molecule has 1 aromatic carbocycles. The van der Waals surface area contributed by atoms with Crippen molar-refractivity contribution in [2.24, 2.45) is 0 Å². The van der Waals surface area contributed by atoms with E-state index >= 15 is 0 Å². The fraction of sp³-hybridized carbons (Fsp3) is 0.429. The molecule has 1 aromatic heterocycles. The maximum Gasteiger partial charge on any atom is 0.127 e. The molecule has 0 aliphatic rings. The molecule has 0 fully saturated rings. The van der Waals surface area contributed by atoms with Gasteiger partial charge >= 0.3 is 0 Å². The molecule has 6 heteroatoms. The van der Waals surface area contributed by atoms with Crippen LogP contribution in [0.3, 0.4) is 0 Å². The van der Waals surface area contributed by atoms with E-state index in [0.717, 1.165) is 5.52 Å². The van der Waals surface area contributed by atoms with E-state index in [1.165, 1.54) is 0 Å². The lowest BCUT2D eigenvalue weighted by Crippen LogP contribution is -2.19. The van der Waals surface area contributed by atoms with Gasteiger partial charge in [-0.15, -0.1) is 11.6 Å². The number of para-hydroxylation sites is 1. The van der Waals surface area contributed by atoms with Crippen LogP contribution < -0.4 is 0 Å². The molecular weight excluding hydrogens is 294 g/mol. The van der Waals surface area contributed by atoms with Gasteiger partial charge in [-0.3, -0.25) is 4.21 Å². The second-order valence-corrected chi connectivity index (χ2v) is 7.25. The van der Waals surface area contributed by atoms with Gasteiger partial charge in [0.25, 0.3) is 0 Å². The normalized spacial score (nSPS) is 15.8. The highest BCUT2D eigenvalue weighted by Gasteiger charge is 2.19. The predicted octanol–water partition coefficient (Wildman–Crippen LogP) is 2.97. The molecule has 3 unspecified atom stereocenters. The van der Waals surface area contributed by atoms with Crippen LogP contribution in [0, 0.1) is 11.3 Å². The summed E-state index contributed by atoms with van der Waals surface area (Å²) in [5, 5.41) is 8.88. The lowest BCUT2D eigenvalue weighted by atomic mass is 10.2. The van der Waals surface area contributed by atoms with Crippen molar-refractivity contribution in [1.29, 1.82) is 5.26 Å². The minimum absolute atomic E-state index is 0.00712. The van der Waals surface area contributed by atoms with Crippen molar-refractivity contribution in [3.8, 4) is 6.07 Å². The lowest BCUT2D eigenvalue weighted by molar-refractivity contribution is 0.632. The minimum atomic E-state index is -0.923. The quantitative estimate of drug-likeness (QED) is 0.816. The Balaban J connectivity index is 2.64. The highest BCUT2D eigenvalue weighted by Crippen LogP contribution is 2.27. The molecule has 0 amide bonds. The van der Waals surface area contributed by atoms with Crippen molar-refractivity contribution >= 4 is 33.4 Å². The van der Waals surface area contributed by atoms with Crippen LogP contribution in [0.2, 0.25) is 0 Å². The van der Waals surface area contributed by atoms with E-state index in [-0.39, 0.29) is 10.6 Å². The van der Waals surface area contributed by atoms with E-state index in [1.807, 2.05) is 30.5 Å². The van der Waals surface area contributed by atoms with E-state index in [4.69, 9.17) is 16.9 Å². The van der Waals surface area contributed by atoms with Crippen LogP contribution in [0.15, 0.2) is 18.2 Å². The Morgan fingerprint density at radius 2 is 2.20 bits per heavy atom. The Morgan fingerprint density at radius 3 is 2.75 bits per heavy atom. The summed E-state index contributed by atoms with van der Waals surface area (Å²) in [7, 11) is -0.923. The van der Waals surface area contributed by atoms with Gasteiger partial charge in [0.2, 0.25) is 0 Å².